The van der Waals surface area contributed by atoms with Crippen LogP contribution in [0.3, 0.4) is 0 Å². The van der Waals surface area contributed by atoms with Gasteiger partial charge in [-0.15, -0.1) is 0 Å². The van der Waals surface area contributed by atoms with E-state index in [1.807, 2.05) is 87.5 Å². The van der Waals surface area contributed by atoms with Crippen LogP contribution in [0.2, 0.25) is 0 Å². The maximum atomic E-state index is 13.5. The van der Waals surface area contributed by atoms with Gasteiger partial charge in [0.15, 0.2) is 24.8 Å². The third-order valence-electron chi connectivity index (χ3n) is 7.24. The van der Waals surface area contributed by atoms with Gasteiger partial charge in [0.25, 0.3) is 0 Å². The first kappa shape index (κ1) is 32.5. The zero-order chi connectivity index (χ0) is 28.3. The largest absolute Gasteiger partial charge is 0.343 e. The van der Waals surface area contributed by atoms with Crippen molar-refractivity contribution in [2.45, 2.75) is 40.8 Å². The Morgan fingerprint density at radius 2 is 0.895 bits per heavy atom. The number of rotatable bonds is 13. The Kier molecular flexibility index (Phi) is 13.0. The molecule has 0 saturated carbocycles. The molecule has 0 radical (unpaired) electrons. The van der Waals surface area contributed by atoms with Crippen LogP contribution < -0.4 is 0 Å². The molecule has 0 bridgehead atoms. The molecule has 0 fully saturated rings. The zero-order valence-corrected chi connectivity index (χ0v) is 27.2. The van der Waals surface area contributed by atoms with Crippen LogP contribution in [0.15, 0.2) is 60.7 Å². The number of hydrogen-bond donors (Lipinski definition) is 0. The minimum atomic E-state index is -2.59. The third kappa shape index (κ3) is 8.39. The summed E-state index contributed by atoms with van der Waals surface area (Å²) >= 11 is 11.9. The van der Waals surface area contributed by atoms with E-state index in [2.05, 4.69) is 34.1 Å². The number of hydrogen-bond acceptors (Lipinski definition) is 4. The average Bonchev–Trinajstić information content (AvgIpc) is 2.97. The second kappa shape index (κ2) is 15.2. The zero-order valence-electron chi connectivity index (χ0n) is 23.7. The highest BCUT2D eigenvalue weighted by Crippen LogP contribution is 2.49. The van der Waals surface area contributed by atoms with E-state index >= 15 is 0 Å². The van der Waals surface area contributed by atoms with Crippen LogP contribution in [-0.4, -0.2) is 81.2 Å². The van der Waals surface area contributed by atoms with Crippen molar-refractivity contribution in [3.8, 4) is 0 Å². The molecule has 6 nitrogen and oxygen atoms in total. The van der Waals surface area contributed by atoms with Gasteiger partial charge >= 0.3 is 0 Å². The van der Waals surface area contributed by atoms with Crippen LogP contribution >= 0.6 is 39.0 Å². The average molecular weight is 595 g/mol. The molecule has 10 heteroatoms. The van der Waals surface area contributed by atoms with E-state index in [4.69, 9.17) is 24.4 Å². The van der Waals surface area contributed by atoms with Gasteiger partial charge in [-0.2, -0.15) is 0 Å². The SMILES string of the molecule is CCP(=O)(CC)N(C)C(=S)N(CCN(Cc1ccccc1)C(=S)N(C)P(=O)(CC)CC)Cc1ccccc1. The fourth-order valence-corrected chi connectivity index (χ4v) is 9.02. The van der Waals surface area contributed by atoms with E-state index < -0.39 is 14.6 Å². The number of benzene rings is 2. The van der Waals surface area contributed by atoms with Crippen LogP contribution in [0.25, 0.3) is 0 Å². The van der Waals surface area contributed by atoms with Gasteiger partial charge in [-0.3, -0.25) is 0 Å². The first-order valence-electron chi connectivity index (χ1n) is 13.3. The first-order valence-corrected chi connectivity index (χ1v) is 18.2. The first-order chi connectivity index (χ1) is 18.0. The van der Waals surface area contributed by atoms with Crippen molar-refractivity contribution < 1.29 is 9.13 Å². The Balaban J connectivity index is 2.38. The highest BCUT2D eigenvalue weighted by molar-refractivity contribution is 7.81. The second-order valence-corrected chi connectivity index (χ2v) is 17.2. The van der Waals surface area contributed by atoms with Gasteiger partial charge in [-0.1, -0.05) is 88.4 Å². The molecule has 2 aromatic carbocycles. The molecule has 0 aliphatic rings. The summed E-state index contributed by atoms with van der Waals surface area (Å²) in [7, 11) is -1.47. The Bertz CT molecular complexity index is 1030. The quantitative estimate of drug-likeness (QED) is 0.181. The van der Waals surface area contributed by atoms with Crippen molar-refractivity contribution in [2.75, 3.05) is 51.8 Å². The van der Waals surface area contributed by atoms with E-state index in [1.165, 1.54) is 0 Å². The number of nitrogens with zero attached hydrogens (tertiary/aromatic N) is 4. The molecule has 0 unspecified atom stereocenters. The summed E-state index contributed by atoms with van der Waals surface area (Å²) in [6.07, 6.45) is 2.27. The summed E-state index contributed by atoms with van der Waals surface area (Å²) in [4.78, 5) is 4.23. The smallest absolute Gasteiger partial charge is 0.177 e. The molecular formula is C28H44N4O2P2S2. The molecular weight excluding hydrogens is 550 g/mol. The van der Waals surface area contributed by atoms with Gasteiger partial charge in [0.05, 0.1) is 0 Å². The Labute approximate surface area is 241 Å². The molecule has 2 aromatic rings. The summed E-state index contributed by atoms with van der Waals surface area (Å²) in [5.74, 6) is 0. The Morgan fingerprint density at radius 1 is 0.605 bits per heavy atom. The van der Waals surface area contributed by atoms with Gasteiger partial charge in [0, 0.05) is 64.9 Å². The van der Waals surface area contributed by atoms with Crippen LogP contribution in [0, 0.1) is 0 Å². The van der Waals surface area contributed by atoms with Gasteiger partial charge in [0.2, 0.25) is 0 Å². The monoisotopic (exact) mass is 594 g/mol. The molecule has 0 amide bonds. The lowest BCUT2D eigenvalue weighted by molar-refractivity contribution is 0.310. The molecule has 2 rings (SSSR count). The molecule has 0 aliphatic carbocycles. The van der Waals surface area contributed by atoms with E-state index in [0.717, 1.165) is 11.1 Å². The maximum Gasteiger partial charge on any atom is 0.177 e. The van der Waals surface area contributed by atoms with Crippen LogP contribution in [0.4, 0.5) is 0 Å². The third-order valence-corrected chi connectivity index (χ3v) is 15.1. The highest BCUT2D eigenvalue weighted by atomic mass is 32.1. The Morgan fingerprint density at radius 3 is 1.16 bits per heavy atom. The lowest BCUT2D eigenvalue weighted by Gasteiger charge is -2.39. The molecule has 0 aromatic heterocycles. The minimum absolute atomic E-state index is 0.567. The lowest BCUT2D eigenvalue weighted by atomic mass is 10.2. The Hall–Kier alpha value is -1.72. The van der Waals surface area contributed by atoms with Gasteiger partial charge < -0.3 is 28.3 Å². The molecule has 38 heavy (non-hydrogen) atoms. The van der Waals surface area contributed by atoms with Crippen LogP contribution in [-0.2, 0) is 22.2 Å². The van der Waals surface area contributed by atoms with Crippen molar-refractivity contribution in [3.63, 3.8) is 0 Å². The molecule has 0 spiro atoms. The van der Waals surface area contributed by atoms with Crippen molar-refractivity contribution >= 4 is 49.2 Å². The van der Waals surface area contributed by atoms with Gasteiger partial charge in [-0.05, 0) is 35.6 Å². The van der Waals surface area contributed by atoms with E-state index in [0.29, 0.717) is 61.1 Å². The second-order valence-electron chi connectivity index (χ2n) is 9.38. The molecule has 0 atom stereocenters. The standard InChI is InChI=1S/C28H44N4O2P2S2/c1-7-35(33,8-2)29(5)27(37)31(23-25-17-13-11-14-18-25)21-22-32(24-26-19-15-12-16-20-26)28(38)30(6)36(34,9-3)10-4/h11-20H,7-10,21-24H2,1-6H3. The molecule has 0 heterocycles. The molecule has 210 valence electrons. The predicted octanol–water partition coefficient (Wildman–Crippen LogP) is 7.06. The van der Waals surface area contributed by atoms with E-state index in [-0.39, 0.29) is 0 Å². The summed E-state index contributed by atoms with van der Waals surface area (Å²) in [5, 5.41) is 1.15. The van der Waals surface area contributed by atoms with Crippen LogP contribution in [0.5, 0.6) is 0 Å². The number of thiocarbonyl (C=S) groups is 2. The van der Waals surface area contributed by atoms with Crippen molar-refractivity contribution in [2.24, 2.45) is 0 Å². The summed E-state index contributed by atoms with van der Waals surface area (Å²) in [6, 6.07) is 20.4. The molecule has 0 N–H and O–H groups in total. The highest BCUT2D eigenvalue weighted by Gasteiger charge is 2.30. The van der Waals surface area contributed by atoms with Crippen molar-refractivity contribution in [1.82, 2.24) is 19.1 Å². The summed E-state index contributed by atoms with van der Waals surface area (Å²) in [6.45, 7) is 10.2. The predicted molar refractivity (Wildman–Crippen MR) is 172 cm³/mol. The molecule has 0 aliphatic heterocycles. The van der Waals surface area contributed by atoms with E-state index in [9.17, 15) is 9.13 Å². The van der Waals surface area contributed by atoms with Crippen LogP contribution in [0.1, 0.15) is 38.8 Å². The summed E-state index contributed by atoms with van der Waals surface area (Å²) < 4.78 is 30.7. The normalized spacial score (nSPS) is 11.6. The van der Waals surface area contributed by atoms with Crippen molar-refractivity contribution in [3.05, 3.63) is 71.8 Å². The maximum absolute atomic E-state index is 13.5. The minimum Gasteiger partial charge on any atom is -0.343 e. The lowest BCUT2D eigenvalue weighted by Crippen LogP contribution is -2.46. The van der Waals surface area contributed by atoms with E-state index in [1.54, 1.807) is 0 Å². The van der Waals surface area contributed by atoms with Gasteiger partial charge in [-0.25, -0.2) is 0 Å². The summed E-state index contributed by atoms with van der Waals surface area (Å²) in [5.41, 5.74) is 2.25. The molecule has 0 saturated heterocycles. The fourth-order valence-electron chi connectivity index (χ4n) is 4.35. The van der Waals surface area contributed by atoms with Crippen molar-refractivity contribution in [1.29, 1.82) is 0 Å². The fraction of sp³-hybridized carbons (Fsp3) is 0.500. The topological polar surface area (TPSA) is 47.1 Å². The van der Waals surface area contributed by atoms with Gasteiger partial charge in [0.1, 0.15) is 0 Å².